The predicted octanol–water partition coefficient (Wildman–Crippen LogP) is 3.98. The van der Waals surface area contributed by atoms with E-state index >= 15 is 0 Å². The van der Waals surface area contributed by atoms with Gasteiger partial charge in [-0.05, 0) is 59.2 Å². The Morgan fingerprint density at radius 3 is 2.13 bits per heavy atom. The highest BCUT2D eigenvalue weighted by atomic mass is 19.3. The SMILES string of the molecule is CC(C)(C)OC(=O)NC1(c2ccc3c(c2)OC(F)(F)O3)CN(C(=O)OC(C)(C)C)C1. The molecule has 166 valence electrons. The van der Waals surface area contributed by atoms with Crippen molar-refractivity contribution >= 4 is 12.2 Å². The van der Waals surface area contributed by atoms with E-state index < -0.39 is 35.2 Å². The second-order valence-electron chi connectivity index (χ2n) is 9.37. The molecule has 0 radical (unpaired) electrons. The normalized spacial score (nSPS) is 19.0. The van der Waals surface area contributed by atoms with Crippen LogP contribution in [0.3, 0.4) is 0 Å². The highest BCUT2D eigenvalue weighted by Crippen LogP contribution is 2.44. The number of ether oxygens (including phenoxy) is 4. The summed E-state index contributed by atoms with van der Waals surface area (Å²) in [7, 11) is 0. The van der Waals surface area contributed by atoms with E-state index in [0.29, 0.717) is 5.56 Å². The topological polar surface area (TPSA) is 86.3 Å². The number of likely N-dealkylation sites (tertiary alicyclic amines) is 1. The Balaban J connectivity index is 1.84. The number of fused-ring (bicyclic) bond motifs is 1. The first kappa shape index (κ1) is 21.9. The van der Waals surface area contributed by atoms with Crippen LogP contribution < -0.4 is 14.8 Å². The molecule has 0 spiro atoms. The summed E-state index contributed by atoms with van der Waals surface area (Å²) in [5.74, 6) is -0.266. The van der Waals surface area contributed by atoms with E-state index in [1.54, 1.807) is 41.5 Å². The van der Waals surface area contributed by atoms with Gasteiger partial charge in [0.1, 0.15) is 16.7 Å². The van der Waals surface area contributed by atoms with Gasteiger partial charge in [0.2, 0.25) is 0 Å². The fourth-order valence-corrected chi connectivity index (χ4v) is 3.14. The number of nitrogens with one attached hydrogen (secondary N) is 1. The quantitative estimate of drug-likeness (QED) is 0.767. The molecule has 2 aliphatic rings. The number of carbonyl (C=O) groups excluding carboxylic acids is 2. The maximum Gasteiger partial charge on any atom is 0.586 e. The Labute approximate surface area is 173 Å². The van der Waals surface area contributed by atoms with Gasteiger partial charge in [-0.2, -0.15) is 0 Å². The molecule has 0 saturated carbocycles. The smallest absolute Gasteiger partial charge is 0.444 e. The van der Waals surface area contributed by atoms with Crippen molar-refractivity contribution in [2.24, 2.45) is 0 Å². The lowest BCUT2D eigenvalue weighted by atomic mass is 9.82. The minimum atomic E-state index is -3.76. The molecular weight excluding hydrogens is 402 g/mol. The number of halogens is 2. The van der Waals surface area contributed by atoms with E-state index in [4.69, 9.17) is 9.47 Å². The number of amides is 2. The van der Waals surface area contributed by atoms with Crippen molar-refractivity contribution < 1.29 is 37.3 Å². The zero-order valence-corrected chi connectivity index (χ0v) is 17.8. The second kappa shape index (κ2) is 6.88. The minimum absolute atomic E-state index is 0.0667. The molecule has 3 rings (SSSR count). The number of alkyl carbamates (subject to hydrolysis) is 1. The third-order valence-corrected chi connectivity index (χ3v) is 4.27. The van der Waals surface area contributed by atoms with E-state index in [0.717, 1.165) is 0 Å². The number of alkyl halides is 2. The summed E-state index contributed by atoms with van der Waals surface area (Å²) in [6.45, 7) is 10.5. The Morgan fingerprint density at radius 2 is 1.57 bits per heavy atom. The number of hydrogen-bond acceptors (Lipinski definition) is 6. The van der Waals surface area contributed by atoms with Gasteiger partial charge >= 0.3 is 18.5 Å². The molecule has 1 saturated heterocycles. The Morgan fingerprint density at radius 1 is 1.00 bits per heavy atom. The van der Waals surface area contributed by atoms with Crippen LogP contribution in [0.2, 0.25) is 0 Å². The van der Waals surface area contributed by atoms with Crippen LogP contribution in [0.1, 0.15) is 47.1 Å². The maximum atomic E-state index is 13.4. The van der Waals surface area contributed by atoms with Crippen molar-refractivity contribution in [3.05, 3.63) is 23.8 Å². The molecule has 0 bridgehead atoms. The van der Waals surface area contributed by atoms with Gasteiger partial charge in [-0.25, -0.2) is 9.59 Å². The van der Waals surface area contributed by atoms with Crippen LogP contribution in [0.25, 0.3) is 0 Å². The van der Waals surface area contributed by atoms with Crippen LogP contribution in [0.4, 0.5) is 18.4 Å². The van der Waals surface area contributed by atoms with Crippen LogP contribution in [0.15, 0.2) is 18.2 Å². The monoisotopic (exact) mass is 428 g/mol. The second-order valence-corrected chi connectivity index (χ2v) is 9.37. The molecule has 0 aliphatic carbocycles. The highest BCUT2D eigenvalue weighted by molar-refractivity contribution is 5.73. The zero-order valence-electron chi connectivity index (χ0n) is 17.8. The van der Waals surface area contributed by atoms with Crippen molar-refractivity contribution in [2.45, 2.75) is 64.6 Å². The summed E-state index contributed by atoms with van der Waals surface area (Å²) in [6, 6.07) is 4.23. The summed E-state index contributed by atoms with van der Waals surface area (Å²) in [4.78, 5) is 26.2. The molecule has 2 aliphatic heterocycles. The average molecular weight is 428 g/mol. The van der Waals surface area contributed by atoms with E-state index in [9.17, 15) is 18.4 Å². The first-order valence-corrected chi connectivity index (χ1v) is 9.47. The average Bonchev–Trinajstić information content (AvgIpc) is 2.79. The van der Waals surface area contributed by atoms with Gasteiger partial charge < -0.3 is 29.2 Å². The third-order valence-electron chi connectivity index (χ3n) is 4.27. The summed E-state index contributed by atoms with van der Waals surface area (Å²) in [5, 5.41) is 2.77. The fourth-order valence-electron chi connectivity index (χ4n) is 3.14. The number of carbonyl (C=O) groups is 2. The molecule has 1 N–H and O–H groups in total. The van der Waals surface area contributed by atoms with Gasteiger partial charge in [-0.3, -0.25) is 0 Å². The molecule has 2 amide bonds. The van der Waals surface area contributed by atoms with E-state index in [-0.39, 0.29) is 24.6 Å². The van der Waals surface area contributed by atoms with Crippen molar-refractivity contribution in [3.8, 4) is 11.5 Å². The molecule has 0 unspecified atom stereocenters. The van der Waals surface area contributed by atoms with Crippen LogP contribution in [0.5, 0.6) is 11.5 Å². The molecule has 1 fully saturated rings. The highest BCUT2D eigenvalue weighted by Gasteiger charge is 2.51. The van der Waals surface area contributed by atoms with Crippen molar-refractivity contribution in [1.82, 2.24) is 10.2 Å². The standard InChI is InChI=1S/C20H26F2N2O6/c1-17(2,3)29-15(25)23-19(10-24(11-19)16(26)30-18(4,5)6)12-7-8-13-14(9-12)28-20(21,22)27-13/h7-9H,10-11H2,1-6H3,(H,23,25). The van der Waals surface area contributed by atoms with Crippen molar-refractivity contribution in [3.63, 3.8) is 0 Å². The van der Waals surface area contributed by atoms with Gasteiger partial charge in [0.05, 0.1) is 13.1 Å². The van der Waals surface area contributed by atoms with Gasteiger partial charge in [0, 0.05) is 0 Å². The summed E-state index contributed by atoms with van der Waals surface area (Å²) in [6.07, 6.45) is -5.00. The first-order valence-electron chi connectivity index (χ1n) is 9.47. The van der Waals surface area contributed by atoms with Gasteiger partial charge in [0.15, 0.2) is 11.5 Å². The predicted molar refractivity (Wildman–Crippen MR) is 101 cm³/mol. The van der Waals surface area contributed by atoms with Crippen molar-refractivity contribution in [1.29, 1.82) is 0 Å². The first-order chi connectivity index (χ1) is 13.6. The van der Waals surface area contributed by atoms with Crippen molar-refractivity contribution in [2.75, 3.05) is 13.1 Å². The fraction of sp³-hybridized carbons (Fsp3) is 0.600. The maximum absolute atomic E-state index is 13.4. The number of nitrogens with zero attached hydrogens (tertiary/aromatic N) is 1. The zero-order chi connectivity index (χ0) is 22.5. The lowest BCUT2D eigenvalue weighted by Gasteiger charge is -2.50. The molecule has 8 nitrogen and oxygen atoms in total. The molecule has 2 heterocycles. The van der Waals surface area contributed by atoms with E-state index in [1.165, 1.54) is 23.1 Å². The number of hydrogen-bond donors (Lipinski definition) is 1. The van der Waals surface area contributed by atoms with Gasteiger partial charge in [-0.1, -0.05) is 6.07 Å². The van der Waals surface area contributed by atoms with Gasteiger partial charge in [-0.15, -0.1) is 8.78 Å². The summed E-state index contributed by atoms with van der Waals surface area (Å²) in [5.41, 5.74) is -2.02. The Hall–Kier alpha value is -2.78. The minimum Gasteiger partial charge on any atom is -0.444 e. The molecule has 1 aromatic rings. The lowest BCUT2D eigenvalue weighted by molar-refractivity contribution is -0.286. The van der Waals surface area contributed by atoms with E-state index in [2.05, 4.69) is 14.8 Å². The third kappa shape index (κ3) is 4.85. The van der Waals surface area contributed by atoms with Gasteiger partial charge in [0.25, 0.3) is 0 Å². The Bertz CT molecular complexity index is 854. The summed E-state index contributed by atoms with van der Waals surface area (Å²) < 4.78 is 46.4. The number of rotatable bonds is 2. The molecule has 0 aromatic heterocycles. The molecule has 1 aromatic carbocycles. The molecule has 30 heavy (non-hydrogen) atoms. The molecule has 10 heteroatoms. The number of benzene rings is 1. The summed E-state index contributed by atoms with van der Waals surface area (Å²) >= 11 is 0. The Kier molecular flexibility index (Phi) is 5.03. The van der Waals surface area contributed by atoms with Crippen LogP contribution >= 0.6 is 0 Å². The van der Waals surface area contributed by atoms with Crippen LogP contribution in [0, 0.1) is 0 Å². The molecular formula is C20H26F2N2O6. The van der Waals surface area contributed by atoms with Crippen LogP contribution in [-0.4, -0.2) is 47.7 Å². The lowest BCUT2D eigenvalue weighted by Crippen LogP contribution is -2.69. The van der Waals surface area contributed by atoms with E-state index in [1.807, 2.05) is 0 Å². The van der Waals surface area contributed by atoms with Crippen LogP contribution in [-0.2, 0) is 15.0 Å². The largest absolute Gasteiger partial charge is 0.586 e. The molecule has 0 atom stereocenters.